The van der Waals surface area contributed by atoms with Gasteiger partial charge in [0, 0.05) is 42.3 Å². The zero-order valence-corrected chi connectivity index (χ0v) is 20.3. The van der Waals surface area contributed by atoms with E-state index in [1.54, 1.807) is 6.07 Å². The van der Waals surface area contributed by atoms with Crippen molar-refractivity contribution in [3.05, 3.63) is 53.4 Å². The van der Waals surface area contributed by atoms with Crippen molar-refractivity contribution in [3.8, 4) is 5.75 Å². The number of likely N-dealkylation sites (tertiary alicyclic amines) is 1. The topological polar surface area (TPSA) is 79.4 Å². The highest BCUT2D eigenvalue weighted by Gasteiger charge is 2.21. The van der Waals surface area contributed by atoms with Crippen molar-refractivity contribution in [2.75, 3.05) is 37.8 Å². The quantitative estimate of drug-likeness (QED) is 0.513. The number of nitrogens with zero attached hydrogens (tertiary/aromatic N) is 3. The molecule has 3 aromatic rings. The summed E-state index contributed by atoms with van der Waals surface area (Å²) in [6.45, 7) is 3.17. The molecular formula is C25H27F2N5O2S. The lowest BCUT2D eigenvalue weighted by molar-refractivity contribution is -0.113. The number of piperidine rings is 1. The van der Waals surface area contributed by atoms with Gasteiger partial charge in [0.2, 0.25) is 5.91 Å². The number of halogens is 2. The number of benzene rings is 1. The van der Waals surface area contributed by atoms with Crippen molar-refractivity contribution >= 4 is 34.3 Å². The van der Waals surface area contributed by atoms with Gasteiger partial charge in [-0.1, -0.05) is 11.8 Å². The Kier molecular flexibility index (Phi) is 7.12. The summed E-state index contributed by atoms with van der Waals surface area (Å²) in [5, 5.41) is 7.80. The Morgan fingerprint density at radius 1 is 1.17 bits per heavy atom. The van der Waals surface area contributed by atoms with E-state index in [2.05, 4.69) is 25.5 Å². The molecule has 184 valence electrons. The van der Waals surface area contributed by atoms with Crippen LogP contribution < -0.4 is 15.4 Å². The summed E-state index contributed by atoms with van der Waals surface area (Å²) in [6.07, 6.45) is 5.39. The standard InChI is InChI=1S/C25H27F2N5O2S/c1-34-17-9-19-18(21(27)13-29-24(19)20(26)10-17)4-7-32-5-2-16(3-6-32)28-11-15-8-22-25(30-12-15)35-14-23(33)31-22/h8-10,12-13,16,28H,2-7,11,14H2,1H3,(H,31,33). The van der Waals surface area contributed by atoms with Crippen LogP contribution in [0.3, 0.4) is 0 Å². The van der Waals surface area contributed by atoms with Crippen LogP contribution in [0.25, 0.3) is 10.9 Å². The van der Waals surface area contributed by atoms with Crippen LogP contribution in [0.15, 0.2) is 35.6 Å². The molecule has 1 fully saturated rings. The Hall–Kier alpha value is -2.82. The third-order valence-electron chi connectivity index (χ3n) is 6.58. The Bertz CT molecular complexity index is 1250. The lowest BCUT2D eigenvalue weighted by atomic mass is 10.0. The molecule has 0 radical (unpaired) electrons. The summed E-state index contributed by atoms with van der Waals surface area (Å²) in [6, 6.07) is 5.28. The number of carbonyl (C=O) groups excluding carboxylic acids is 1. The fraction of sp³-hybridized carbons (Fsp3) is 0.400. The molecule has 0 atom stereocenters. The number of amides is 1. The van der Waals surface area contributed by atoms with Crippen molar-refractivity contribution in [1.29, 1.82) is 0 Å². The molecule has 10 heteroatoms. The molecule has 0 spiro atoms. The van der Waals surface area contributed by atoms with Crippen LogP contribution in [0.2, 0.25) is 0 Å². The number of nitrogens with one attached hydrogen (secondary N) is 2. The van der Waals surface area contributed by atoms with Gasteiger partial charge in [0.25, 0.3) is 0 Å². The number of aromatic nitrogens is 2. The number of thioether (sulfide) groups is 1. The van der Waals surface area contributed by atoms with Crippen molar-refractivity contribution < 1.29 is 18.3 Å². The number of fused-ring (bicyclic) bond motifs is 2. The largest absolute Gasteiger partial charge is 0.497 e. The molecule has 0 saturated carbocycles. The Labute approximate surface area is 206 Å². The zero-order chi connectivity index (χ0) is 24.4. The predicted molar refractivity (Wildman–Crippen MR) is 132 cm³/mol. The van der Waals surface area contributed by atoms with Crippen LogP contribution in [0.5, 0.6) is 5.75 Å². The van der Waals surface area contributed by atoms with E-state index in [0.717, 1.165) is 48.4 Å². The first-order valence-corrected chi connectivity index (χ1v) is 12.7. The molecule has 0 bridgehead atoms. The molecule has 5 rings (SSSR count). The van der Waals surface area contributed by atoms with Crippen LogP contribution in [-0.4, -0.2) is 59.3 Å². The maximum Gasteiger partial charge on any atom is 0.234 e. The van der Waals surface area contributed by atoms with Crippen LogP contribution in [0, 0.1) is 11.6 Å². The van der Waals surface area contributed by atoms with Crippen molar-refractivity contribution in [3.63, 3.8) is 0 Å². The molecule has 2 aliphatic rings. The fourth-order valence-electron chi connectivity index (χ4n) is 4.64. The second-order valence-electron chi connectivity index (χ2n) is 8.87. The summed E-state index contributed by atoms with van der Waals surface area (Å²) in [7, 11) is 1.46. The number of pyridine rings is 2. The van der Waals surface area contributed by atoms with Gasteiger partial charge in [0.1, 0.15) is 22.1 Å². The van der Waals surface area contributed by atoms with Crippen molar-refractivity contribution in [2.24, 2.45) is 0 Å². The zero-order valence-electron chi connectivity index (χ0n) is 19.4. The van der Waals surface area contributed by atoms with E-state index < -0.39 is 11.6 Å². The van der Waals surface area contributed by atoms with E-state index in [9.17, 15) is 13.6 Å². The molecule has 1 saturated heterocycles. The Morgan fingerprint density at radius 3 is 2.80 bits per heavy atom. The summed E-state index contributed by atoms with van der Waals surface area (Å²) in [4.78, 5) is 22.3. The van der Waals surface area contributed by atoms with Gasteiger partial charge in [0.15, 0.2) is 5.82 Å². The SMILES string of the molecule is COc1cc(F)c2ncc(F)c(CCN3CCC(NCc4cnc5c(c4)NC(=O)CS5)CC3)c2c1. The summed E-state index contributed by atoms with van der Waals surface area (Å²) >= 11 is 1.46. The number of ether oxygens (including phenoxy) is 1. The van der Waals surface area contributed by atoms with Gasteiger partial charge >= 0.3 is 0 Å². The minimum atomic E-state index is -0.511. The normalized spacial score (nSPS) is 16.8. The molecule has 1 amide bonds. The number of rotatable bonds is 7. The van der Waals surface area contributed by atoms with Crippen LogP contribution in [0.4, 0.5) is 14.5 Å². The van der Waals surface area contributed by atoms with Crippen LogP contribution >= 0.6 is 11.8 Å². The van der Waals surface area contributed by atoms with E-state index in [-0.39, 0.29) is 11.4 Å². The van der Waals surface area contributed by atoms with Gasteiger partial charge in [-0.05, 0) is 50.0 Å². The average molecular weight is 500 g/mol. The summed E-state index contributed by atoms with van der Waals surface area (Å²) in [5.74, 6) is -0.167. The summed E-state index contributed by atoms with van der Waals surface area (Å²) < 4.78 is 34.1. The maximum absolute atomic E-state index is 14.6. The van der Waals surface area contributed by atoms with Gasteiger partial charge in [-0.15, -0.1) is 0 Å². The highest BCUT2D eigenvalue weighted by molar-refractivity contribution is 8.00. The molecular weight excluding hydrogens is 472 g/mol. The third kappa shape index (κ3) is 5.39. The van der Waals surface area contributed by atoms with Crippen molar-refractivity contribution in [2.45, 2.75) is 36.9 Å². The van der Waals surface area contributed by atoms with E-state index in [1.807, 2.05) is 12.3 Å². The Morgan fingerprint density at radius 2 is 2.00 bits per heavy atom. The number of hydrogen-bond donors (Lipinski definition) is 2. The first-order chi connectivity index (χ1) is 17.0. The second kappa shape index (κ2) is 10.4. The predicted octanol–water partition coefficient (Wildman–Crippen LogP) is 3.76. The first-order valence-electron chi connectivity index (χ1n) is 11.7. The fourth-order valence-corrected chi connectivity index (χ4v) is 5.38. The van der Waals surface area contributed by atoms with Gasteiger partial charge in [-0.2, -0.15) is 0 Å². The van der Waals surface area contributed by atoms with Crippen LogP contribution in [-0.2, 0) is 17.8 Å². The van der Waals surface area contributed by atoms with Gasteiger partial charge < -0.3 is 20.3 Å². The van der Waals surface area contributed by atoms with Crippen LogP contribution in [0.1, 0.15) is 24.0 Å². The molecule has 2 aliphatic heterocycles. The van der Waals surface area contributed by atoms with Gasteiger partial charge in [-0.3, -0.25) is 9.78 Å². The number of hydrogen-bond acceptors (Lipinski definition) is 7. The highest BCUT2D eigenvalue weighted by atomic mass is 32.2. The van der Waals surface area contributed by atoms with Gasteiger partial charge in [0.05, 0.1) is 24.7 Å². The van der Waals surface area contributed by atoms with E-state index >= 15 is 0 Å². The minimum absolute atomic E-state index is 0.00528. The van der Waals surface area contributed by atoms with E-state index in [0.29, 0.717) is 48.0 Å². The van der Waals surface area contributed by atoms with E-state index in [4.69, 9.17) is 4.74 Å². The smallest absolute Gasteiger partial charge is 0.234 e. The minimum Gasteiger partial charge on any atom is -0.497 e. The maximum atomic E-state index is 14.6. The highest BCUT2D eigenvalue weighted by Crippen LogP contribution is 2.30. The monoisotopic (exact) mass is 499 g/mol. The number of methoxy groups -OCH3 is 1. The molecule has 1 aromatic carbocycles. The molecule has 2 aromatic heterocycles. The van der Waals surface area contributed by atoms with E-state index in [1.165, 1.54) is 24.9 Å². The molecule has 35 heavy (non-hydrogen) atoms. The molecule has 7 nitrogen and oxygen atoms in total. The number of carbonyl (C=O) groups is 1. The van der Waals surface area contributed by atoms with Crippen molar-refractivity contribution in [1.82, 2.24) is 20.2 Å². The molecule has 0 unspecified atom stereocenters. The summed E-state index contributed by atoms with van der Waals surface area (Å²) in [5.41, 5.74) is 2.46. The molecule has 4 heterocycles. The lowest BCUT2D eigenvalue weighted by Crippen LogP contribution is -2.42. The second-order valence-corrected chi connectivity index (χ2v) is 9.83. The van der Waals surface area contributed by atoms with Gasteiger partial charge in [-0.25, -0.2) is 13.8 Å². The molecule has 0 aliphatic carbocycles. The number of anilines is 1. The third-order valence-corrected chi connectivity index (χ3v) is 7.58. The Balaban J connectivity index is 1.15. The first kappa shape index (κ1) is 23.9. The average Bonchev–Trinajstić information content (AvgIpc) is 2.87. The molecule has 2 N–H and O–H groups in total. The lowest BCUT2D eigenvalue weighted by Gasteiger charge is -2.32.